The van der Waals surface area contributed by atoms with E-state index < -0.39 is 0 Å². The van der Waals surface area contributed by atoms with E-state index in [1.165, 1.54) is 4.90 Å². The van der Waals surface area contributed by atoms with Crippen LogP contribution in [0.15, 0.2) is 64.4 Å². The van der Waals surface area contributed by atoms with E-state index >= 15 is 0 Å². The van der Waals surface area contributed by atoms with Gasteiger partial charge in [0.05, 0.1) is 12.2 Å². The number of carbonyl (C=O) groups excluding carboxylic acids is 1. The molecule has 0 aromatic heterocycles. The van der Waals surface area contributed by atoms with E-state index in [2.05, 4.69) is 22.3 Å². The molecule has 1 aliphatic rings. The van der Waals surface area contributed by atoms with Crippen molar-refractivity contribution < 1.29 is 4.79 Å². The summed E-state index contributed by atoms with van der Waals surface area (Å²) >= 11 is 3.63. The normalized spacial score (nSPS) is 15.3. The van der Waals surface area contributed by atoms with Gasteiger partial charge in [-0.1, -0.05) is 42.1 Å². The molecule has 3 rings (SSSR count). The van der Waals surface area contributed by atoms with Crippen molar-refractivity contribution in [3.63, 3.8) is 0 Å². The molecule has 1 aliphatic heterocycles. The van der Waals surface area contributed by atoms with Crippen LogP contribution in [0.2, 0.25) is 0 Å². The second-order valence-electron chi connectivity index (χ2n) is 5.35. The summed E-state index contributed by atoms with van der Waals surface area (Å²) in [6, 6.07) is 18.2. The summed E-state index contributed by atoms with van der Waals surface area (Å²) in [5, 5.41) is 3.07. The summed E-state index contributed by atoms with van der Waals surface area (Å²) in [7, 11) is 0. The van der Waals surface area contributed by atoms with E-state index in [9.17, 15) is 4.79 Å². The van der Waals surface area contributed by atoms with Gasteiger partial charge in [0, 0.05) is 34.4 Å². The molecular formula is C18H20N2OS2. The van der Waals surface area contributed by atoms with E-state index in [-0.39, 0.29) is 5.91 Å². The van der Waals surface area contributed by atoms with Crippen LogP contribution in [0.4, 0.5) is 5.69 Å². The quantitative estimate of drug-likeness (QED) is 0.893. The lowest BCUT2D eigenvalue weighted by molar-refractivity contribution is -0.117. The average molecular weight is 345 g/mol. The summed E-state index contributed by atoms with van der Waals surface area (Å²) in [5.74, 6) is 2.31. The van der Waals surface area contributed by atoms with Gasteiger partial charge < -0.3 is 5.32 Å². The lowest BCUT2D eigenvalue weighted by Gasteiger charge is -2.25. The van der Waals surface area contributed by atoms with Gasteiger partial charge in [-0.15, -0.1) is 0 Å². The number of carbonyl (C=O) groups is 1. The Morgan fingerprint density at radius 1 is 1.04 bits per heavy atom. The minimum atomic E-state index is 0.0676. The molecule has 0 atom stereocenters. The summed E-state index contributed by atoms with van der Waals surface area (Å²) in [4.78, 5) is 16.8. The smallest absolute Gasteiger partial charge is 0.238 e. The fourth-order valence-electron chi connectivity index (χ4n) is 2.43. The van der Waals surface area contributed by atoms with Crippen molar-refractivity contribution in [1.29, 1.82) is 0 Å². The van der Waals surface area contributed by atoms with Gasteiger partial charge in [0.2, 0.25) is 5.91 Å². The van der Waals surface area contributed by atoms with Crippen LogP contribution in [0.1, 0.15) is 0 Å². The molecule has 2 aromatic rings. The minimum Gasteiger partial charge on any atom is -0.324 e. The minimum absolute atomic E-state index is 0.0676. The zero-order valence-electron chi connectivity index (χ0n) is 12.9. The second kappa shape index (κ2) is 8.43. The van der Waals surface area contributed by atoms with Crippen LogP contribution in [0.25, 0.3) is 0 Å². The standard InChI is InChI=1S/C18H20N2OS2/c21-18(14-20-10-12-22-13-11-20)19-16-8-4-5-9-17(16)23-15-6-2-1-3-7-15/h1-9H,10-14H2,(H,19,21). The second-order valence-corrected chi connectivity index (χ2v) is 7.69. The van der Waals surface area contributed by atoms with E-state index in [0.29, 0.717) is 6.54 Å². The molecule has 1 fully saturated rings. The van der Waals surface area contributed by atoms with Crippen LogP contribution in [-0.2, 0) is 4.79 Å². The molecule has 1 saturated heterocycles. The maximum absolute atomic E-state index is 12.3. The highest BCUT2D eigenvalue weighted by atomic mass is 32.2. The third-order valence-electron chi connectivity index (χ3n) is 3.60. The Bertz CT molecular complexity index is 642. The number of nitrogens with one attached hydrogen (secondary N) is 1. The Morgan fingerprint density at radius 2 is 1.74 bits per heavy atom. The largest absolute Gasteiger partial charge is 0.324 e. The average Bonchev–Trinajstić information content (AvgIpc) is 2.58. The first-order chi connectivity index (χ1) is 11.3. The van der Waals surface area contributed by atoms with Crippen LogP contribution >= 0.6 is 23.5 Å². The van der Waals surface area contributed by atoms with Crippen LogP contribution in [0.5, 0.6) is 0 Å². The first-order valence-corrected chi connectivity index (χ1v) is 9.70. The molecule has 3 nitrogen and oxygen atoms in total. The lowest BCUT2D eigenvalue weighted by atomic mass is 10.3. The van der Waals surface area contributed by atoms with Gasteiger partial charge in [0.15, 0.2) is 0 Å². The predicted molar refractivity (Wildman–Crippen MR) is 99.4 cm³/mol. The molecule has 0 unspecified atom stereocenters. The van der Waals surface area contributed by atoms with E-state index in [4.69, 9.17) is 0 Å². The van der Waals surface area contributed by atoms with Crippen molar-refractivity contribution in [1.82, 2.24) is 4.90 Å². The number of nitrogens with zero attached hydrogens (tertiary/aromatic N) is 1. The van der Waals surface area contributed by atoms with Gasteiger partial charge in [-0.05, 0) is 24.3 Å². The molecule has 2 aromatic carbocycles. The van der Waals surface area contributed by atoms with Crippen molar-refractivity contribution in [3.8, 4) is 0 Å². The number of para-hydroxylation sites is 1. The van der Waals surface area contributed by atoms with Gasteiger partial charge in [-0.2, -0.15) is 11.8 Å². The van der Waals surface area contributed by atoms with Gasteiger partial charge in [0.1, 0.15) is 0 Å². The first-order valence-electron chi connectivity index (χ1n) is 7.73. The van der Waals surface area contributed by atoms with Crippen LogP contribution in [-0.4, -0.2) is 41.9 Å². The van der Waals surface area contributed by atoms with Gasteiger partial charge in [0.25, 0.3) is 0 Å². The molecule has 1 amide bonds. The highest BCUT2D eigenvalue weighted by molar-refractivity contribution is 7.99. The Morgan fingerprint density at radius 3 is 2.52 bits per heavy atom. The Labute approximate surface area is 145 Å². The summed E-state index contributed by atoms with van der Waals surface area (Å²) in [6.45, 7) is 2.47. The van der Waals surface area contributed by atoms with Gasteiger partial charge in [-0.25, -0.2) is 0 Å². The van der Waals surface area contributed by atoms with Crippen molar-refractivity contribution in [2.24, 2.45) is 0 Å². The predicted octanol–water partition coefficient (Wildman–Crippen LogP) is 3.83. The van der Waals surface area contributed by atoms with Crippen molar-refractivity contribution in [2.75, 3.05) is 36.5 Å². The first kappa shape index (κ1) is 16.4. The molecule has 5 heteroatoms. The molecule has 0 bridgehead atoms. The van der Waals surface area contributed by atoms with Crippen LogP contribution in [0.3, 0.4) is 0 Å². The fourth-order valence-corrected chi connectivity index (χ4v) is 4.33. The number of benzene rings is 2. The zero-order valence-corrected chi connectivity index (χ0v) is 14.5. The zero-order chi connectivity index (χ0) is 15.9. The van der Waals surface area contributed by atoms with Crippen LogP contribution in [0, 0.1) is 0 Å². The fraction of sp³-hybridized carbons (Fsp3) is 0.278. The maximum Gasteiger partial charge on any atom is 0.238 e. The molecule has 0 saturated carbocycles. The van der Waals surface area contributed by atoms with E-state index in [1.54, 1.807) is 11.8 Å². The summed E-state index contributed by atoms with van der Waals surface area (Å²) < 4.78 is 0. The van der Waals surface area contributed by atoms with Gasteiger partial charge in [-0.3, -0.25) is 9.69 Å². The Balaban J connectivity index is 1.64. The molecule has 23 heavy (non-hydrogen) atoms. The summed E-state index contributed by atoms with van der Waals surface area (Å²) in [5.41, 5.74) is 0.887. The Kier molecular flexibility index (Phi) is 6.02. The lowest BCUT2D eigenvalue weighted by Crippen LogP contribution is -2.38. The number of hydrogen-bond donors (Lipinski definition) is 1. The third-order valence-corrected chi connectivity index (χ3v) is 5.63. The molecule has 1 N–H and O–H groups in total. The topological polar surface area (TPSA) is 32.3 Å². The Hall–Kier alpha value is -1.43. The number of thioether (sulfide) groups is 1. The molecule has 0 radical (unpaired) electrons. The number of rotatable bonds is 5. The SMILES string of the molecule is O=C(CN1CCSCC1)Nc1ccccc1Sc1ccccc1. The molecule has 1 heterocycles. The molecule has 120 valence electrons. The van der Waals surface area contributed by atoms with Crippen molar-refractivity contribution in [2.45, 2.75) is 9.79 Å². The van der Waals surface area contributed by atoms with Gasteiger partial charge >= 0.3 is 0 Å². The monoisotopic (exact) mass is 344 g/mol. The van der Waals surface area contributed by atoms with E-state index in [0.717, 1.165) is 35.2 Å². The highest BCUT2D eigenvalue weighted by Crippen LogP contribution is 2.33. The van der Waals surface area contributed by atoms with Crippen molar-refractivity contribution in [3.05, 3.63) is 54.6 Å². The molecule has 0 aliphatic carbocycles. The third kappa shape index (κ3) is 5.03. The maximum atomic E-state index is 12.3. The van der Waals surface area contributed by atoms with Crippen LogP contribution < -0.4 is 5.32 Å². The van der Waals surface area contributed by atoms with Crippen molar-refractivity contribution >= 4 is 35.1 Å². The molecule has 0 spiro atoms. The molecular weight excluding hydrogens is 324 g/mol. The number of amides is 1. The highest BCUT2D eigenvalue weighted by Gasteiger charge is 2.15. The van der Waals surface area contributed by atoms with E-state index in [1.807, 2.05) is 54.2 Å². The number of hydrogen-bond acceptors (Lipinski definition) is 4. The summed E-state index contributed by atoms with van der Waals surface area (Å²) in [6.07, 6.45) is 0. The number of anilines is 1.